The van der Waals surface area contributed by atoms with E-state index >= 15 is 0 Å². The van der Waals surface area contributed by atoms with E-state index in [2.05, 4.69) is 20.3 Å². The van der Waals surface area contributed by atoms with E-state index in [9.17, 15) is 9.59 Å². The van der Waals surface area contributed by atoms with E-state index in [0.29, 0.717) is 29.5 Å². The molecule has 29 heavy (non-hydrogen) atoms. The minimum Gasteiger partial charge on any atom is -0.481 e. The highest BCUT2D eigenvalue weighted by atomic mass is 16.5. The largest absolute Gasteiger partial charge is 0.481 e. The molecule has 0 bridgehead atoms. The summed E-state index contributed by atoms with van der Waals surface area (Å²) in [6.45, 7) is 3.75. The third-order valence-corrected chi connectivity index (χ3v) is 4.78. The van der Waals surface area contributed by atoms with Gasteiger partial charge in [-0.1, -0.05) is 19.1 Å². The summed E-state index contributed by atoms with van der Waals surface area (Å²) in [6.07, 6.45) is 1.85. The van der Waals surface area contributed by atoms with Crippen molar-refractivity contribution in [1.82, 2.24) is 24.1 Å². The Morgan fingerprint density at radius 3 is 2.79 bits per heavy atom. The number of carbonyl (C=O) groups is 1. The zero-order valence-electron chi connectivity index (χ0n) is 16.3. The maximum atomic E-state index is 13.2. The van der Waals surface area contributed by atoms with Gasteiger partial charge in [-0.3, -0.25) is 14.3 Å². The summed E-state index contributed by atoms with van der Waals surface area (Å²) >= 11 is 0. The predicted molar refractivity (Wildman–Crippen MR) is 108 cm³/mol. The van der Waals surface area contributed by atoms with Gasteiger partial charge in [-0.15, -0.1) is 0 Å². The molecule has 3 aromatic heterocycles. The molecule has 0 aliphatic heterocycles. The summed E-state index contributed by atoms with van der Waals surface area (Å²) < 4.78 is 8.78. The molecule has 9 heteroatoms. The average Bonchev–Trinajstić information content (AvgIpc) is 3.03. The number of nitrogens with one attached hydrogen (secondary N) is 1. The molecule has 1 aromatic carbocycles. The van der Waals surface area contributed by atoms with Gasteiger partial charge in [0.15, 0.2) is 5.65 Å². The number of carbonyl (C=O) groups excluding carboxylic acids is 1. The first-order chi connectivity index (χ1) is 14.0. The van der Waals surface area contributed by atoms with Crippen LogP contribution in [0.25, 0.3) is 16.6 Å². The molecule has 0 radical (unpaired) electrons. The van der Waals surface area contributed by atoms with E-state index in [1.807, 2.05) is 47.3 Å². The monoisotopic (exact) mass is 392 g/mol. The maximum absolute atomic E-state index is 13.2. The minimum atomic E-state index is -0.554. The van der Waals surface area contributed by atoms with Crippen LogP contribution in [0.1, 0.15) is 25.1 Å². The van der Waals surface area contributed by atoms with Gasteiger partial charge in [0, 0.05) is 23.2 Å². The number of methoxy groups -OCH3 is 1. The minimum absolute atomic E-state index is 0.242. The molecule has 0 fully saturated rings. The number of nitrogens with zero attached hydrogens (tertiary/aromatic N) is 5. The molecular weight excluding hydrogens is 372 g/mol. The number of amides is 1. The number of anilines is 1. The maximum Gasteiger partial charge on any atom is 0.273 e. The molecule has 4 rings (SSSR count). The first-order valence-electron chi connectivity index (χ1n) is 9.20. The van der Waals surface area contributed by atoms with Gasteiger partial charge in [-0.25, -0.2) is 14.5 Å². The highest BCUT2D eigenvalue weighted by Gasteiger charge is 2.25. The first kappa shape index (κ1) is 18.6. The van der Waals surface area contributed by atoms with Crippen LogP contribution in [0.2, 0.25) is 0 Å². The van der Waals surface area contributed by atoms with Crippen molar-refractivity contribution in [1.29, 1.82) is 0 Å². The number of ether oxygens (including phenoxy) is 1. The van der Waals surface area contributed by atoms with Crippen LogP contribution < -0.4 is 15.6 Å². The normalized spacial score (nSPS) is 12.2. The van der Waals surface area contributed by atoms with Crippen molar-refractivity contribution in [3.63, 3.8) is 0 Å². The highest BCUT2D eigenvalue weighted by molar-refractivity contribution is 5.97. The van der Waals surface area contributed by atoms with Crippen LogP contribution in [0, 0.1) is 6.92 Å². The topological polar surface area (TPSA) is 103 Å². The molecule has 0 saturated heterocycles. The SMILES string of the molecule is CCC(C(=O)Nc1cc(OC)ncn1)n1c2ccccc2c2nc(=O)cc(C)n21. The second kappa shape index (κ2) is 7.34. The van der Waals surface area contributed by atoms with E-state index in [-0.39, 0.29) is 11.5 Å². The molecule has 0 aliphatic rings. The van der Waals surface area contributed by atoms with Crippen LogP contribution in [0.3, 0.4) is 0 Å². The molecule has 4 aromatic rings. The lowest BCUT2D eigenvalue weighted by Crippen LogP contribution is -2.29. The lowest BCUT2D eigenvalue weighted by Gasteiger charge is -2.20. The summed E-state index contributed by atoms with van der Waals surface area (Å²) in [5.74, 6) is 0.467. The standard InChI is InChI=1S/C20H20N6O3/c1-4-14(20(28)23-16-10-18(29-3)22-11-21-16)26-15-8-6-5-7-13(15)19-24-17(27)9-12(2)25(19)26/h5-11,14H,4H2,1-3H3,(H,21,22,23,28). The lowest BCUT2D eigenvalue weighted by molar-refractivity contribution is -0.119. The second-order valence-electron chi connectivity index (χ2n) is 6.59. The molecule has 9 nitrogen and oxygen atoms in total. The van der Waals surface area contributed by atoms with Crippen molar-refractivity contribution < 1.29 is 9.53 Å². The number of aryl methyl sites for hydroxylation is 1. The molecule has 1 atom stereocenters. The number of hydrogen-bond donors (Lipinski definition) is 1. The summed E-state index contributed by atoms with van der Waals surface area (Å²) in [4.78, 5) is 37.4. The van der Waals surface area contributed by atoms with Crippen LogP contribution in [0.15, 0.2) is 47.5 Å². The Morgan fingerprint density at radius 2 is 2.03 bits per heavy atom. The summed E-state index contributed by atoms with van der Waals surface area (Å²) in [7, 11) is 1.50. The summed E-state index contributed by atoms with van der Waals surface area (Å²) in [5, 5.41) is 3.64. The van der Waals surface area contributed by atoms with Gasteiger partial charge in [0.1, 0.15) is 18.2 Å². The van der Waals surface area contributed by atoms with Crippen LogP contribution in [0.4, 0.5) is 5.82 Å². The van der Waals surface area contributed by atoms with Gasteiger partial charge in [-0.05, 0) is 25.5 Å². The van der Waals surface area contributed by atoms with E-state index < -0.39 is 6.04 Å². The Kier molecular flexibility index (Phi) is 4.71. The molecular formula is C20H20N6O3. The molecule has 3 heterocycles. The van der Waals surface area contributed by atoms with Gasteiger partial charge in [0.25, 0.3) is 5.56 Å². The van der Waals surface area contributed by atoms with Crippen molar-refractivity contribution in [3.8, 4) is 5.88 Å². The van der Waals surface area contributed by atoms with Crippen molar-refractivity contribution >= 4 is 28.3 Å². The average molecular weight is 392 g/mol. The summed E-state index contributed by atoms with van der Waals surface area (Å²) in [6, 6.07) is 10.1. The number of fused-ring (bicyclic) bond motifs is 3. The fourth-order valence-corrected chi connectivity index (χ4v) is 3.51. The molecule has 0 saturated carbocycles. The first-order valence-corrected chi connectivity index (χ1v) is 9.20. The van der Waals surface area contributed by atoms with Crippen LogP contribution in [0.5, 0.6) is 5.88 Å². The quantitative estimate of drug-likeness (QED) is 0.559. The van der Waals surface area contributed by atoms with Crippen molar-refractivity contribution in [2.24, 2.45) is 0 Å². The van der Waals surface area contributed by atoms with Crippen LogP contribution >= 0.6 is 0 Å². The van der Waals surface area contributed by atoms with Crippen LogP contribution in [-0.2, 0) is 4.79 Å². The van der Waals surface area contributed by atoms with Crippen molar-refractivity contribution in [3.05, 3.63) is 58.8 Å². The van der Waals surface area contributed by atoms with Gasteiger partial charge in [0.05, 0.1) is 12.6 Å². The van der Waals surface area contributed by atoms with E-state index in [4.69, 9.17) is 4.74 Å². The Labute approximate surface area is 166 Å². The molecule has 1 amide bonds. The number of rotatable bonds is 5. The number of hydrogen-bond acceptors (Lipinski definition) is 6. The number of para-hydroxylation sites is 1. The zero-order chi connectivity index (χ0) is 20.5. The zero-order valence-corrected chi connectivity index (χ0v) is 16.3. The fraction of sp³-hybridized carbons (Fsp3) is 0.250. The van der Waals surface area contributed by atoms with E-state index in [1.165, 1.54) is 19.5 Å². The van der Waals surface area contributed by atoms with Gasteiger partial charge >= 0.3 is 0 Å². The van der Waals surface area contributed by atoms with Crippen LogP contribution in [-0.4, -0.2) is 37.2 Å². The lowest BCUT2D eigenvalue weighted by atomic mass is 10.2. The Hall–Kier alpha value is -3.75. The Balaban J connectivity index is 1.86. The highest BCUT2D eigenvalue weighted by Crippen LogP contribution is 2.27. The number of benzene rings is 1. The van der Waals surface area contributed by atoms with E-state index in [1.54, 1.807) is 6.07 Å². The van der Waals surface area contributed by atoms with Gasteiger partial charge < -0.3 is 10.1 Å². The molecule has 1 unspecified atom stereocenters. The van der Waals surface area contributed by atoms with Gasteiger partial charge in [-0.2, -0.15) is 4.98 Å². The van der Waals surface area contributed by atoms with E-state index in [0.717, 1.165) is 10.9 Å². The Morgan fingerprint density at radius 1 is 1.24 bits per heavy atom. The molecule has 1 N–H and O–H groups in total. The molecule has 148 valence electrons. The van der Waals surface area contributed by atoms with Crippen molar-refractivity contribution in [2.75, 3.05) is 12.4 Å². The summed E-state index contributed by atoms with van der Waals surface area (Å²) in [5.41, 5.74) is 1.73. The smallest absolute Gasteiger partial charge is 0.273 e. The third kappa shape index (κ3) is 3.20. The third-order valence-electron chi connectivity index (χ3n) is 4.78. The Bertz CT molecular complexity index is 1280. The predicted octanol–water partition coefficient (Wildman–Crippen LogP) is 2.35. The fourth-order valence-electron chi connectivity index (χ4n) is 3.51. The van der Waals surface area contributed by atoms with Crippen molar-refractivity contribution in [2.45, 2.75) is 26.3 Å². The number of aromatic nitrogens is 5. The molecule has 0 spiro atoms. The van der Waals surface area contributed by atoms with Gasteiger partial charge in [0.2, 0.25) is 11.8 Å². The second-order valence-corrected chi connectivity index (χ2v) is 6.59. The molecule has 0 aliphatic carbocycles.